The standard InChI is InChI=1S/C5H9N3/c1-8(2)5-6-3-4-7-5/h3-4H,1-2H3,(H,6,7). The Hall–Kier alpha value is -0.990. The van der Waals surface area contributed by atoms with Crippen LogP contribution in [-0.4, -0.2) is 24.1 Å². The summed E-state index contributed by atoms with van der Waals surface area (Å²) in [5, 5.41) is 0. The van der Waals surface area contributed by atoms with Crippen LogP contribution in [0.4, 0.5) is 5.95 Å². The number of hydrogen-bond acceptors (Lipinski definition) is 2. The number of anilines is 1. The van der Waals surface area contributed by atoms with Crippen molar-refractivity contribution in [2.75, 3.05) is 19.0 Å². The summed E-state index contributed by atoms with van der Waals surface area (Å²) in [6.45, 7) is 0. The summed E-state index contributed by atoms with van der Waals surface area (Å²) in [5.41, 5.74) is 0. The summed E-state index contributed by atoms with van der Waals surface area (Å²) in [4.78, 5) is 8.85. The molecule has 0 atom stereocenters. The van der Waals surface area contributed by atoms with Crippen LogP contribution in [0.5, 0.6) is 0 Å². The summed E-state index contributed by atoms with van der Waals surface area (Å²) < 4.78 is 0. The van der Waals surface area contributed by atoms with E-state index >= 15 is 0 Å². The molecule has 44 valence electrons. The zero-order valence-corrected chi connectivity index (χ0v) is 5.05. The van der Waals surface area contributed by atoms with Gasteiger partial charge in [0, 0.05) is 26.5 Å². The van der Waals surface area contributed by atoms with Gasteiger partial charge in [0.15, 0.2) is 0 Å². The maximum atomic E-state index is 3.99. The van der Waals surface area contributed by atoms with Crippen LogP contribution in [-0.2, 0) is 0 Å². The normalized spacial score (nSPS) is 9.25. The van der Waals surface area contributed by atoms with Gasteiger partial charge in [-0.1, -0.05) is 0 Å². The molecule has 0 aliphatic heterocycles. The summed E-state index contributed by atoms with van der Waals surface area (Å²) >= 11 is 0. The summed E-state index contributed by atoms with van der Waals surface area (Å²) in [7, 11) is 3.89. The fourth-order valence-electron chi connectivity index (χ4n) is 0.502. The van der Waals surface area contributed by atoms with Gasteiger partial charge in [0.2, 0.25) is 5.95 Å². The molecule has 1 N–H and O–H groups in total. The van der Waals surface area contributed by atoms with E-state index in [1.807, 2.05) is 19.0 Å². The van der Waals surface area contributed by atoms with Crippen molar-refractivity contribution in [3.63, 3.8) is 0 Å². The quantitative estimate of drug-likeness (QED) is 0.571. The zero-order chi connectivity index (χ0) is 5.98. The Morgan fingerprint density at radius 3 is 2.62 bits per heavy atom. The third kappa shape index (κ3) is 0.804. The summed E-state index contributed by atoms with van der Waals surface area (Å²) in [5.74, 6) is 0.894. The maximum absolute atomic E-state index is 3.99. The van der Waals surface area contributed by atoms with E-state index in [0.717, 1.165) is 5.95 Å². The molecule has 0 saturated heterocycles. The Balaban J connectivity index is 2.77. The van der Waals surface area contributed by atoms with E-state index in [1.54, 1.807) is 12.4 Å². The van der Waals surface area contributed by atoms with Crippen LogP contribution < -0.4 is 4.90 Å². The number of hydrogen-bond donors (Lipinski definition) is 1. The first kappa shape index (κ1) is 5.15. The molecule has 1 aromatic heterocycles. The molecule has 0 aliphatic rings. The lowest BCUT2D eigenvalue weighted by molar-refractivity contribution is 1.04. The molecule has 3 nitrogen and oxygen atoms in total. The lowest BCUT2D eigenvalue weighted by atomic mass is 10.8. The van der Waals surface area contributed by atoms with E-state index in [1.165, 1.54) is 0 Å². The Labute approximate surface area is 48.3 Å². The Bertz CT molecular complexity index is 143. The second-order valence-electron chi connectivity index (χ2n) is 1.81. The molecule has 0 saturated carbocycles. The minimum absolute atomic E-state index is 0.894. The molecule has 0 aromatic carbocycles. The monoisotopic (exact) mass is 111 g/mol. The lowest BCUT2D eigenvalue weighted by Crippen LogP contribution is -2.09. The topological polar surface area (TPSA) is 31.9 Å². The average molecular weight is 111 g/mol. The van der Waals surface area contributed by atoms with Crippen molar-refractivity contribution < 1.29 is 0 Å². The van der Waals surface area contributed by atoms with Crippen molar-refractivity contribution in [3.8, 4) is 0 Å². The van der Waals surface area contributed by atoms with E-state index in [2.05, 4.69) is 9.97 Å². The number of aromatic nitrogens is 2. The van der Waals surface area contributed by atoms with Gasteiger partial charge in [-0.3, -0.25) is 0 Å². The van der Waals surface area contributed by atoms with Crippen molar-refractivity contribution in [3.05, 3.63) is 12.4 Å². The van der Waals surface area contributed by atoms with Crippen molar-refractivity contribution in [2.45, 2.75) is 0 Å². The molecule has 8 heavy (non-hydrogen) atoms. The second kappa shape index (κ2) is 1.86. The minimum Gasteiger partial charge on any atom is -0.349 e. The van der Waals surface area contributed by atoms with E-state index < -0.39 is 0 Å². The summed E-state index contributed by atoms with van der Waals surface area (Å²) in [6.07, 6.45) is 3.53. The van der Waals surface area contributed by atoms with Crippen LogP contribution in [0, 0.1) is 0 Å². The van der Waals surface area contributed by atoms with Gasteiger partial charge < -0.3 is 9.88 Å². The number of nitrogens with one attached hydrogen (secondary N) is 1. The van der Waals surface area contributed by atoms with Crippen molar-refractivity contribution in [1.29, 1.82) is 0 Å². The van der Waals surface area contributed by atoms with Crippen LogP contribution >= 0.6 is 0 Å². The molecule has 0 spiro atoms. The first-order valence-electron chi connectivity index (χ1n) is 2.47. The van der Waals surface area contributed by atoms with Crippen LogP contribution in [0.3, 0.4) is 0 Å². The molecular formula is C5H9N3. The predicted molar refractivity (Wildman–Crippen MR) is 32.9 cm³/mol. The molecule has 1 heterocycles. The number of H-pyrrole nitrogens is 1. The SMILES string of the molecule is CN(C)c1ncc[nH]1. The molecule has 0 unspecified atom stereocenters. The van der Waals surface area contributed by atoms with Gasteiger partial charge in [-0.15, -0.1) is 0 Å². The van der Waals surface area contributed by atoms with E-state index in [9.17, 15) is 0 Å². The molecule has 1 aromatic rings. The number of nitrogens with zero attached hydrogens (tertiary/aromatic N) is 2. The van der Waals surface area contributed by atoms with E-state index in [0.29, 0.717) is 0 Å². The minimum atomic E-state index is 0.894. The van der Waals surface area contributed by atoms with Crippen LogP contribution in [0.1, 0.15) is 0 Å². The molecule has 1 rings (SSSR count). The average Bonchev–Trinajstić information content (AvgIpc) is 2.12. The smallest absolute Gasteiger partial charge is 0.202 e. The Kier molecular flexibility index (Phi) is 1.20. The number of rotatable bonds is 1. The first-order chi connectivity index (χ1) is 3.80. The van der Waals surface area contributed by atoms with Gasteiger partial charge in [0.1, 0.15) is 0 Å². The number of imidazole rings is 1. The van der Waals surface area contributed by atoms with Crippen LogP contribution in [0.25, 0.3) is 0 Å². The van der Waals surface area contributed by atoms with Gasteiger partial charge in [-0.2, -0.15) is 0 Å². The van der Waals surface area contributed by atoms with E-state index in [-0.39, 0.29) is 0 Å². The fourth-order valence-corrected chi connectivity index (χ4v) is 0.502. The van der Waals surface area contributed by atoms with Gasteiger partial charge in [0.05, 0.1) is 0 Å². The highest BCUT2D eigenvalue weighted by molar-refractivity contribution is 5.24. The Morgan fingerprint density at radius 2 is 2.38 bits per heavy atom. The first-order valence-corrected chi connectivity index (χ1v) is 2.47. The molecule has 3 heteroatoms. The van der Waals surface area contributed by atoms with Gasteiger partial charge in [-0.25, -0.2) is 4.98 Å². The molecule has 0 radical (unpaired) electrons. The van der Waals surface area contributed by atoms with Crippen molar-refractivity contribution >= 4 is 5.95 Å². The zero-order valence-electron chi connectivity index (χ0n) is 5.05. The highest BCUT2D eigenvalue weighted by Gasteiger charge is 1.91. The highest BCUT2D eigenvalue weighted by Crippen LogP contribution is 1.97. The van der Waals surface area contributed by atoms with Gasteiger partial charge in [-0.05, 0) is 0 Å². The van der Waals surface area contributed by atoms with Crippen molar-refractivity contribution in [1.82, 2.24) is 9.97 Å². The third-order valence-corrected chi connectivity index (χ3v) is 0.907. The van der Waals surface area contributed by atoms with Crippen LogP contribution in [0.2, 0.25) is 0 Å². The molecular weight excluding hydrogens is 102 g/mol. The Morgan fingerprint density at radius 1 is 1.62 bits per heavy atom. The molecule has 0 bridgehead atoms. The summed E-state index contributed by atoms with van der Waals surface area (Å²) in [6, 6.07) is 0. The fraction of sp³-hybridized carbons (Fsp3) is 0.400. The molecule has 0 amide bonds. The molecule has 0 aliphatic carbocycles. The molecule has 0 fully saturated rings. The number of aromatic amines is 1. The highest BCUT2D eigenvalue weighted by atomic mass is 15.2. The second-order valence-corrected chi connectivity index (χ2v) is 1.81. The maximum Gasteiger partial charge on any atom is 0.202 e. The van der Waals surface area contributed by atoms with Crippen LogP contribution in [0.15, 0.2) is 12.4 Å². The van der Waals surface area contributed by atoms with Gasteiger partial charge >= 0.3 is 0 Å². The largest absolute Gasteiger partial charge is 0.349 e. The van der Waals surface area contributed by atoms with Crippen molar-refractivity contribution in [2.24, 2.45) is 0 Å². The lowest BCUT2D eigenvalue weighted by Gasteiger charge is -2.05. The predicted octanol–water partition coefficient (Wildman–Crippen LogP) is 0.476. The van der Waals surface area contributed by atoms with Gasteiger partial charge in [0.25, 0.3) is 0 Å². The third-order valence-electron chi connectivity index (χ3n) is 0.907. The van der Waals surface area contributed by atoms with E-state index in [4.69, 9.17) is 0 Å².